The van der Waals surface area contributed by atoms with Gasteiger partial charge in [0.05, 0.1) is 19.8 Å². The third-order valence-electron chi connectivity index (χ3n) is 4.06. The van der Waals surface area contributed by atoms with Gasteiger partial charge in [0.15, 0.2) is 0 Å². The second kappa shape index (κ2) is 8.18. The van der Waals surface area contributed by atoms with Crippen LogP contribution in [0, 0.1) is 6.92 Å². The number of nitrogens with zero attached hydrogens (tertiary/aromatic N) is 1. The zero-order chi connectivity index (χ0) is 18.7. The van der Waals surface area contributed by atoms with Gasteiger partial charge in [0.1, 0.15) is 4.21 Å². The average Bonchev–Trinajstić information content (AvgIpc) is 3.10. The highest BCUT2D eigenvalue weighted by Crippen LogP contribution is 2.25. The highest BCUT2D eigenvalue weighted by Gasteiger charge is 2.27. The van der Waals surface area contributed by atoms with Crippen LogP contribution in [0.25, 0.3) is 0 Å². The van der Waals surface area contributed by atoms with Crippen molar-refractivity contribution in [2.45, 2.75) is 17.7 Å². The lowest BCUT2D eigenvalue weighted by Gasteiger charge is -2.25. The van der Waals surface area contributed by atoms with E-state index in [9.17, 15) is 13.2 Å². The first-order valence-electron chi connectivity index (χ1n) is 8.09. The lowest BCUT2D eigenvalue weighted by Crippen LogP contribution is -2.40. The van der Waals surface area contributed by atoms with Crippen molar-refractivity contribution in [2.75, 3.05) is 26.3 Å². The Kier molecular flexibility index (Phi) is 6.13. The van der Waals surface area contributed by atoms with E-state index in [4.69, 9.17) is 4.74 Å². The number of morpholine rings is 1. The molecule has 26 heavy (non-hydrogen) atoms. The molecule has 0 saturated carbocycles. The molecule has 1 amide bonds. The zero-order valence-electron chi connectivity index (χ0n) is 14.2. The molecule has 0 radical (unpaired) electrons. The predicted octanol–water partition coefficient (Wildman–Crippen LogP) is 2.77. The van der Waals surface area contributed by atoms with E-state index in [0.29, 0.717) is 36.1 Å². The van der Waals surface area contributed by atoms with Gasteiger partial charge in [-0.25, -0.2) is 8.42 Å². The maximum Gasteiger partial charge on any atom is 0.252 e. The van der Waals surface area contributed by atoms with Gasteiger partial charge in [-0.05, 0) is 42.8 Å². The maximum atomic E-state index is 12.6. The van der Waals surface area contributed by atoms with E-state index in [-0.39, 0.29) is 12.5 Å². The first kappa shape index (κ1) is 19.5. The average molecular weight is 459 g/mol. The molecule has 1 aliphatic heterocycles. The van der Waals surface area contributed by atoms with Gasteiger partial charge in [-0.2, -0.15) is 4.31 Å². The third kappa shape index (κ3) is 4.34. The van der Waals surface area contributed by atoms with Gasteiger partial charge in [-0.3, -0.25) is 4.79 Å². The van der Waals surface area contributed by atoms with Crippen molar-refractivity contribution >= 4 is 43.2 Å². The third-order valence-corrected chi connectivity index (χ3v) is 8.00. The van der Waals surface area contributed by atoms with Crippen LogP contribution in [0.5, 0.6) is 0 Å². The number of nitrogens with one attached hydrogen (secondary N) is 1. The summed E-state index contributed by atoms with van der Waals surface area (Å²) in [6.07, 6.45) is 0. The van der Waals surface area contributed by atoms with Crippen LogP contribution in [0.3, 0.4) is 0 Å². The molecule has 0 spiro atoms. The largest absolute Gasteiger partial charge is 0.379 e. The Morgan fingerprint density at radius 2 is 2.00 bits per heavy atom. The van der Waals surface area contributed by atoms with E-state index >= 15 is 0 Å². The number of ether oxygens (including phenoxy) is 1. The second-order valence-corrected chi connectivity index (χ2v) is 10.1. The Balaban J connectivity index is 1.66. The molecular weight excluding hydrogens is 440 g/mol. The van der Waals surface area contributed by atoms with Crippen molar-refractivity contribution < 1.29 is 17.9 Å². The molecule has 1 aromatic carbocycles. The molecule has 1 N–H and O–H groups in total. The smallest absolute Gasteiger partial charge is 0.252 e. The molecule has 140 valence electrons. The van der Waals surface area contributed by atoms with E-state index in [1.54, 1.807) is 18.2 Å². The minimum Gasteiger partial charge on any atom is -0.379 e. The van der Waals surface area contributed by atoms with E-state index in [1.165, 1.54) is 15.6 Å². The Morgan fingerprint density at radius 1 is 1.27 bits per heavy atom. The van der Waals surface area contributed by atoms with E-state index in [2.05, 4.69) is 21.2 Å². The summed E-state index contributed by atoms with van der Waals surface area (Å²) in [5, 5.41) is 2.85. The molecule has 9 heteroatoms. The van der Waals surface area contributed by atoms with Gasteiger partial charge in [0.25, 0.3) is 15.9 Å². The summed E-state index contributed by atoms with van der Waals surface area (Å²) < 4.78 is 33.1. The lowest BCUT2D eigenvalue weighted by molar-refractivity contribution is 0.0731. The van der Waals surface area contributed by atoms with Crippen LogP contribution in [0.15, 0.2) is 39.0 Å². The van der Waals surface area contributed by atoms with Crippen LogP contribution < -0.4 is 5.32 Å². The predicted molar refractivity (Wildman–Crippen MR) is 104 cm³/mol. The molecular formula is C17H19BrN2O4S2. The summed E-state index contributed by atoms with van der Waals surface area (Å²) in [5.41, 5.74) is 1.48. The van der Waals surface area contributed by atoms with Crippen LogP contribution in [0.1, 0.15) is 20.8 Å². The molecule has 0 unspecified atom stereocenters. The van der Waals surface area contributed by atoms with Crippen molar-refractivity contribution in [3.63, 3.8) is 0 Å². The molecule has 6 nitrogen and oxygen atoms in total. The highest BCUT2D eigenvalue weighted by molar-refractivity contribution is 9.10. The molecule has 1 saturated heterocycles. The fourth-order valence-electron chi connectivity index (χ4n) is 2.65. The van der Waals surface area contributed by atoms with Crippen molar-refractivity contribution in [3.8, 4) is 0 Å². The number of rotatable bonds is 5. The van der Waals surface area contributed by atoms with E-state index in [0.717, 1.165) is 14.9 Å². The fraction of sp³-hybridized carbons (Fsp3) is 0.353. The molecule has 0 aliphatic carbocycles. The van der Waals surface area contributed by atoms with Crippen LogP contribution in [0.4, 0.5) is 0 Å². The highest BCUT2D eigenvalue weighted by atomic mass is 79.9. The van der Waals surface area contributed by atoms with Crippen molar-refractivity contribution in [2.24, 2.45) is 0 Å². The molecule has 1 fully saturated rings. The number of sulfonamides is 1. The first-order chi connectivity index (χ1) is 12.4. The number of thiophene rings is 1. The Hall–Kier alpha value is -1.26. The normalized spacial score (nSPS) is 15.8. The maximum absolute atomic E-state index is 12.6. The summed E-state index contributed by atoms with van der Waals surface area (Å²) >= 11 is 4.56. The van der Waals surface area contributed by atoms with Crippen molar-refractivity contribution in [1.82, 2.24) is 9.62 Å². The van der Waals surface area contributed by atoms with Gasteiger partial charge in [0, 0.05) is 28.0 Å². The standard InChI is InChI=1S/C17H19BrN2O4S2/c1-12-10-13(18)2-4-15(12)17(21)19-11-14-3-5-16(25-14)26(22,23)20-6-8-24-9-7-20/h2-5,10H,6-9,11H2,1H3,(H,19,21). The minimum atomic E-state index is -3.49. The van der Waals surface area contributed by atoms with E-state index < -0.39 is 10.0 Å². The topological polar surface area (TPSA) is 75.7 Å². The zero-order valence-corrected chi connectivity index (χ0v) is 17.4. The first-order valence-corrected chi connectivity index (χ1v) is 11.1. The van der Waals surface area contributed by atoms with Crippen molar-refractivity contribution in [1.29, 1.82) is 0 Å². The monoisotopic (exact) mass is 458 g/mol. The van der Waals surface area contributed by atoms with Gasteiger partial charge < -0.3 is 10.1 Å². The Morgan fingerprint density at radius 3 is 2.69 bits per heavy atom. The molecule has 0 atom stereocenters. The molecule has 0 bridgehead atoms. The molecule has 3 rings (SSSR count). The summed E-state index contributed by atoms with van der Waals surface area (Å²) in [6, 6.07) is 8.80. The number of benzene rings is 1. The number of hydrogen-bond donors (Lipinski definition) is 1. The number of aryl methyl sites for hydroxylation is 1. The van der Waals surface area contributed by atoms with Crippen LogP contribution in [-0.2, 0) is 21.3 Å². The molecule has 1 aliphatic rings. The van der Waals surface area contributed by atoms with E-state index in [1.807, 2.05) is 19.1 Å². The van der Waals surface area contributed by atoms with Gasteiger partial charge in [0.2, 0.25) is 0 Å². The van der Waals surface area contributed by atoms with Crippen LogP contribution in [-0.4, -0.2) is 44.9 Å². The van der Waals surface area contributed by atoms with Gasteiger partial charge >= 0.3 is 0 Å². The summed E-state index contributed by atoms with van der Waals surface area (Å²) in [5.74, 6) is -0.180. The number of carbonyl (C=O) groups is 1. The number of amides is 1. The molecule has 2 aromatic rings. The van der Waals surface area contributed by atoms with Gasteiger partial charge in [-0.1, -0.05) is 15.9 Å². The number of hydrogen-bond acceptors (Lipinski definition) is 5. The quantitative estimate of drug-likeness (QED) is 0.746. The van der Waals surface area contributed by atoms with Crippen molar-refractivity contribution in [3.05, 3.63) is 50.8 Å². The SMILES string of the molecule is Cc1cc(Br)ccc1C(=O)NCc1ccc(S(=O)(=O)N2CCOCC2)s1. The Bertz CT molecular complexity index is 905. The number of halogens is 1. The molecule has 2 heterocycles. The lowest BCUT2D eigenvalue weighted by atomic mass is 10.1. The van der Waals surface area contributed by atoms with Crippen LogP contribution in [0.2, 0.25) is 0 Å². The Labute approximate surface area is 165 Å². The second-order valence-electron chi connectivity index (χ2n) is 5.88. The van der Waals surface area contributed by atoms with Crippen LogP contribution >= 0.6 is 27.3 Å². The summed E-state index contributed by atoms with van der Waals surface area (Å²) in [7, 11) is -3.49. The summed E-state index contributed by atoms with van der Waals surface area (Å²) in [6.45, 7) is 3.74. The molecule has 1 aromatic heterocycles. The minimum absolute atomic E-state index is 0.180. The fourth-order valence-corrected chi connectivity index (χ4v) is 5.98. The van der Waals surface area contributed by atoms with Gasteiger partial charge in [-0.15, -0.1) is 11.3 Å². The summed E-state index contributed by atoms with van der Waals surface area (Å²) in [4.78, 5) is 13.1. The number of carbonyl (C=O) groups excluding carboxylic acids is 1.